The normalized spacial score (nSPS) is 13.8. The molecule has 1 aliphatic heterocycles. The fraction of sp³-hybridized carbons (Fsp3) is 0.192. The van der Waals surface area contributed by atoms with Gasteiger partial charge < -0.3 is 14.5 Å². The SMILES string of the molecule is COc1cccc(N2CCN(C(=O)c3nn(-c4ccccc4)c(=O)c4ccccc34)CC2)c1. The van der Waals surface area contributed by atoms with Crippen molar-refractivity contribution in [3.63, 3.8) is 0 Å². The van der Waals surface area contributed by atoms with Gasteiger partial charge in [0.25, 0.3) is 11.5 Å². The number of anilines is 1. The van der Waals surface area contributed by atoms with Crippen molar-refractivity contribution in [3.8, 4) is 11.4 Å². The third-order valence-corrected chi connectivity index (χ3v) is 5.99. The van der Waals surface area contributed by atoms with E-state index in [1.807, 2.05) is 65.6 Å². The maximum Gasteiger partial charge on any atom is 0.279 e. The molecule has 0 N–H and O–H groups in total. The molecule has 1 aromatic heterocycles. The van der Waals surface area contributed by atoms with E-state index in [0.29, 0.717) is 48.3 Å². The predicted molar refractivity (Wildman–Crippen MR) is 128 cm³/mol. The maximum absolute atomic E-state index is 13.6. The van der Waals surface area contributed by atoms with Crippen LogP contribution in [-0.4, -0.2) is 53.9 Å². The average Bonchev–Trinajstić information content (AvgIpc) is 2.89. The van der Waals surface area contributed by atoms with Crippen LogP contribution in [0.15, 0.2) is 83.7 Å². The average molecular weight is 441 g/mol. The van der Waals surface area contributed by atoms with Crippen molar-refractivity contribution in [1.82, 2.24) is 14.7 Å². The molecule has 0 radical (unpaired) electrons. The third-order valence-electron chi connectivity index (χ3n) is 5.99. The van der Waals surface area contributed by atoms with Crippen LogP contribution in [0.5, 0.6) is 5.75 Å². The molecule has 7 heteroatoms. The quantitative estimate of drug-likeness (QED) is 0.487. The number of fused-ring (bicyclic) bond motifs is 1. The molecule has 0 aliphatic carbocycles. The highest BCUT2D eigenvalue weighted by atomic mass is 16.5. The second-order valence-corrected chi connectivity index (χ2v) is 7.93. The molecule has 5 rings (SSSR count). The maximum atomic E-state index is 13.6. The van der Waals surface area contributed by atoms with Crippen LogP contribution < -0.4 is 15.2 Å². The van der Waals surface area contributed by atoms with Gasteiger partial charge in [-0.3, -0.25) is 9.59 Å². The number of aromatic nitrogens is 2. The van der Waals surface area contributed by atoms with Crippen LogP contribution >= 0.6 is 0 Å². The minimum absolute atomic E-state index is 0.166. The monoisotopic (exact) mass is 440 g/mol. The van der Waals surface area contributed by atoms with E-state index in [-0.39, 0.29) is 11.5 Å². The number of hydrogen-bond donors (Lipinski definition) is 0. The summed E-state index contributed by atoms with van der Waals surface area (Å²) in [7, 11) is 1.65. The van der Waals surface area contributed by atoms with E-state index in [9.17, 15) is 9.59 Å². The molecule has 4 aromatic rings. The van der Waals surface area contributed by atoms with Gasteiger partial charge in [-0.1, -0.05) is 42.5 Å². The van der Waals surface area contributed by atoms with Gasteiger partial charge in [0, 0.05) is 43.3 Å². The fourth-order valence-corrected chi connectivity index (χ4v) is 4.22. The Morgan fingerprint density at radius 3 is 2.21 bits per heavy atom. The minimum atomic E-state index is -0.240. The topological polar surface area (TPSA) is 67.7 Å². The van der Waals surface area contributed by atoms with E-state index in [4.69, 9.17) is 4.74 Å². The van der Waals surface area contributed by atoms with Crippen molar-refractivity contribution in [1.29, 1.82) is 0 Å². The Labute approximate surface area is 191 Å². The Kier molecular flexibility index (Phi) is 5.52. The van der Waals surface area contributed by atoms with Crippen LogP contribution in [0, 0.1) is 0 Å². The summed E-state index contributed by atoms with van der Waals surface area (Å²) in [5.74, 6) is 0.644. The Bertz CT molecular complexity index is 1360. The summed E-state index contributed by atoms with van der Waals surface area (Å²) in [6, 6.07) is 24.3. The number of methoxy groups -OCH3 is 1. The predicted octanol–water partition coefficient (Wildman–Crippen LogP) is 3.36. The van der Waals surface area contributed by atoms with Crippen molar-refractivity contribution in [3.05, 3.63) is 94.9 Å². The van der Waals surface area contributed by atoms with Crippen LogP contribution in [0.25, 0.3) is 16.5 Å². The van der Waals surface area contributed by atoms with E-state index in [0.717, 1.165) is 11.4 Å². The first-order chi connectivity index (χ1) is 16.2. The number of carbonyl (C=O) groups excluding carboxylic acids is 1. The molecule has 0 atom stereocenters. The molecule has 1 amide bonds. The molecule has 3 aromatic carbocycles. The zero-order valence-corrected chi connectivity index (χ0v) is 18.3. The molecule has 0 bridgehead atoms. The lowest BCUT2D eigenvalue weighted by molar-refractivity contribution is 0.0741. The third kappa shape index (κ3) is 3.93. The van der Waals surface area contributed by atoms with Crippen molar-refractivity contribution in [2.24, 2.45) is 0 Å². The summed E-state index contributed by atoms with van der Waals surface area (Å²) in [4.78, 5) is 30.7. The van der Waals surface area contributed by atoms with Crippen LogP contribution in [0.2, 0.25) is 0 Å². The fourth-order valence-electron chi connectivity index (χ4n) is 4.22. The van der Waals surface area contributed by atoms with E-state index in [1.54, 1.807) is 25.3 Å². The van der Waals surface area contributed by atoms with Gasteiger partial charge in [-0.05, 0) is 30.3 Å². The molecular formula is C26H24N4O3. The molecule has 0 spiro atoms. The zero-order valence-electron chi connectivity index (χ0n) is 18.3. The first-order valence-electron chi connectivity index (χ1n) is 10.9. The van der Waals surface area contributed by atoms with Crippen molar-refractivity contribution >= 4 is 22.4 Å². The number of benzene rings is 3. The zero-order chi connectivity index (χ0) is 22.8. The molecule has 0 unspecified atom stereocenters. The molecule has 1 saturated heterocycles. The van der Waals surface area contributed by atoms with Crippen LogP contribution in [0.1, 0.15) is 10.5 Å². The summed E-state index contributed by atoms with van der Waals surface area (Å²) >= 11 is 0. The van der Waals surface area contributed by atoms with Gasteiger partial charge in [0.15, 0.2) is 5.69 Å². The smallest absolute Gasteiger partial charge is 0.279 e. The number of ether oxygens (including phenoxy) is 1. The lowest BCUT2D eigenvalue weighted by Crippen LogP contribution is -2.49. The standard InChI is InChI=1S/C26H24N4O3/c1-33-21-11-7-10-20(18-21)28-14-16-29(17-15-28)26(32)24-22-12-5-6-13-23(22)25(31)30(27-24)19-8-3-2-4-9-19/h2-13,18H,14-17H2,1H3. The number of nitrogens with zero attached hydrogens (tertiary/aromatic N) is 4. The highest BCUT2D eigenvalue weighted by Crippen LogP contribution is 2.23. The Morgan fingerprint density at radius 2 is 1.48 bits per heavy atom. The summed E-state index contributed by atoms with van der Waals surface area (Å²) < 4.78 is 6.66. The van der Waals surface area contributed by atoms with Crippen molar-refractivity contribution in [2.75, 3.05) is 38.2 Å². The molecule has 166 valence electrons. The number of amides is 1. The van der Waals surface area contributed by atoms with Crippen LogP contribution in [0.3, 0.4) is 0 Å². The highest BCUT2D eigenvalue weighted by molar-refractivity contribution is 6.05. The van der Waals surface area contributed by atoms with Gasteiger partial charge in [0.05, 0.1) is 18.2 Å². The number of piperazine rings is 1. The van der Waals surface area contributed by atoms with Crippen LogP contribution in [-0.2, 0) is 0 Å². The van der Waals surface area contributed by atoms with E-state index < -0.39 is 0 Å². The summed E-state index contributed by atoms with van der Waals surface area (Å²) in [5, 5.41) is 5.59. The highest BCUT2D eigenvalue weighted by Gasteiger charge is 2.26. The Morgan fingerprint density at radius 1 is 0.818 bits per heavy atom. The van der Waals surface area contributed by atoms with Gasteiger partial charge in [-0.2, -0.15) is 9.78 Å². The number of rotatable bonds is 4. The number of carbonyl (C=O) groups is 1. The molecule has 0 saturated carbocycles. The molecular weight excluding hydrogens is 416 g/mol. The summed E-state index contributed by atoms with van der Waals surface area (Å²) in [5.41, 5.74) is 1.76. The molecule has 2 heterocycles. The number of para-hydroxylation sites is 1. The summed E-state index contributed by atoms with van der Waals surface area (Å²) in [6.07, 6.45) is 0. The lowest BCUT2D eigenvalue weighted by atomic mass is 10.1. The molecule has 33 heavy (non-hydrogen) atoms. The summed E-state index contributed by atoms with van der Waals surface area (Å²) in [6.45, 7) is 2.54. The molecule has 7 nitrogen and oxygen atoms in total. The Hall–Kier alpha value is -4.13. The van der Waals surface area contributed by atoms with Crippen LogP contribution in [0.4, 0.5) is 5.69 Å². The van der Waals surface area contributed by atoms with Crippen molar-refractivity contribution in [2.45, 2.75) is 0 Å². The second kappa shape index (κ2) is 8.78. The van der Waals surface area contributed by atoms with Crippen molar-refractivity contribution < 1.29 is 9.53 Å². The largest absolute Gasteiger partial charge is 0.497 e. The lowest BCUT2D eigenvalue weighted by Gasteiger charge is -2.36. The van der Waals surface area contributed by atoms with Gasteiger partial charge >= 0.3 is 0 Å². The van der Waals surface area contributed by atoms with Gasteiger partial charge in [0.1, 0.15) is 5.75 Å². The first kappa shape index (κ1) is 20.8. The minimum Gasteiger partial charge on any atom is -0.497 e. The van der Waals surface area contributed by atoms with E-state index >= 15 is 0 Å². The van der Waals surface area contributed by atoms with E-state index in [1.165, 1.54) is 4.68 Å². The van der Waals surface area contributed by atoms with Gasteiger partial charge in [0.2, 0.25) is 0 Å². The first-order valence-corrected chi connectivity index (χ1v) is 10.9. The molecule has 1 fully saturated rings. The van der Waals surface area contributed by atoms with Gasteiger partial charge in [-0.15, -0.1) is 0 Å². The van der Waals surface area contributed by atoms with E-state index in [2.05, 4.69) is 10.00 Å². The van der Waals surface area contributed by atoms with Gasteiger partial charge in [-0.25, -0.2) is 0 Å². The second-order valence-electron chi connectivity index (χ2n) is 7.93. The number of hydrogen-bond acceptors (Lipinski definition) is 5. The molecule has 1 aliphatic rings. The Balaban J connectivity index is 1.45.